The first-order chi connectivity index (χ1) is 17.3. The average molecular weight is 506 g/mol. The first-order valence-corrected chi connectivity index (χ1v) is 12.8. The first kappa shape index (κ1) is 26.9. The highest BCUT2D eigenvalue weighted by Gasteiger charge is 2.18. The maximum absolute atomic E-state index is 12.7. The van der Waals surface area contributed by atoms with E-state index in [0.29, 0.717) is 10.7 Å². The fourth-order valence-electron chi connectivity index (χ4n) is 3.61. The third kappa shape index (κ3) is 7.42. The summed E-state index contributed by atoms with van der Waals surface area (Å²) in [4.78, 5) is 41.9. The molecular formula is C28H31N3O4S. The Morgan fingerprint density at radius 3 is 1.94 bits per heavy atom. The monoisotopic (exact) mass is 505 g/mol. The molecule has 0 atom stereocenters. The standard InChI is InChI=1S/C28H31N3O4S/c1-18(2)20-10-5-7-13-23(20)30-25(32)16-35-28(34)22-12-9-15-29-27(22)36-17-26(33)31-24-14-8-6-11-21(24)19(3)4/h5-15,18-19H,16-17H2,1-4H3,(H,30,32)(H,31,33). The maximum Gasteiger partial charge on any atom is 0.341 e. The Bertz CT molecular complexity index is 1230. The van der Waals surface area contributed by atoms with Crippen LogP contribution in [0.4, 0.5) is 11.4 Å². The molecule has 0 saturated heterocycles. The van der Waals surface area contributed by atoms with Gasteiger partial charge in [0.1, 0.15) is 5.03 Å². The number of carbonyl (C=O) groups excluding carboxylic acids is 3. The summed E-state index contributed by atoms with van der Waals surface area (Å²) in [6.07, 6.45) is 1.54. The van der Waals surface area contributed by atoms with Crippen LogP contribution in [0.15, 0.2) is 71.9 Å². The van der Waals surface area contributed by atoms with E-state index in [4.69, 9.17) is 4.74 Å². The molecule has 0 radical (unpaired) electrons. The van der Waals surface area contributed by atoms with E-state index in [2.05, 4.69) is 29.5 Å². The van der Waals surface area contributed by atoms with Crippen molar-refractivity contribution in [3.05, 3.63) is 83.6 Å². The van der Waals surface area contributed by atoms with Crippen LogP contribution in [-0.2, 0) is 14.3 Å². The summed E-state index contributed by atoms with van der Waals surface area (Å²) in [6, 6.07) is 18.4. The van der Waals surface area contributed by atoms with Gasteiger partial charge >= 0.3 is 5.97 Å². The van der Waals surface area contributed by atoms with Crippen molar-refractivity contribution in [3.8, 4) is 0 Å². The van der Waals surface area contributed by atoms with Gasteiger partial charge in [0.2, 0.25) is 5.91 Å². The molecule has 188 valence electrons. The lowest BCUT2D eigenvalue weighted by atomic mass is 10.0. The topological polar surface area (TPSA) is 97.4 Å². The number of esters is 1. The molecule has 0 unspecified atom stereocenters. The molecule has 0 spiro atoms. The largest absolute Gasteiger partial charge is 0.452 e. The molecule has 0 aliphatic heterocycles. The van der Waals surface area contributed by atoms with E-state index in [1.54, 1.807) is 18.3 Å². The summed E-state index contributed by atoms with van der Waals surface area (Å²) in [5.74, 6) is -0.754. The van der Waals surface area contributed by atoms with E-state index < -0.39 is 18.5 Å². The Hall–Kier alpha value is -3.65. The molecule has 36 heavy (non-hydrogen) atoms. The van der Waals surface area contributed by atoms with Gasteiger partial charge in [0.25, 0.3) is 5.91 Å². The second kappa shape index (κ2) is 12.9. The summed E-state index contributed by atoms with van der Waals surface area (Å²) in [5, 5.41) is 6.09. The van der Waals surface area contributed by atoms with Gasteiger partial charge in [0.15, 0.2) is 6.61 Å². The van der Waals surface area contributed by atoms with Crippen LogP contribution < -0.4 is 10.6 Å². The van der Waals surface area contributed by atoms with Crippen molar-refractivity contribution in [3.63, 3.8) is 0 Å². The highest BCUT2D eigenvalue weighted by Crippen LogP contribution is 2.26. The summed E-state index contributed by atoms with van der Waals surface area (Å²) in [5.41, 5.74) is 3.71. The number of ether oxygens (including phenoxy) is 1. The van der Waals surface area contributed by atoms with Gasteiger partial charge < -0.3 is 15.4 Å². The van der Waals surface area contributed by atoms with Crippen LogP contribution in [0.2, 0.25) is 0 Å². The van der Waals surface area contributed by atoms with Gasteiger partial charge in [-0.25, -0.2) is 9.78 Å². The van der Waals surface area contributed by atoms with Crippen molar-refractivity contribution in [1.82, 2.24) is 4.98 Å². The van der Waals surface area contributed by atoms with Gasteiger partial charge in [-0.15, -0.1) is 0 Å². The maximum atomic E-state index is 12.7. The van der Waals surface area contributed by atoms with Crippen molar-refractivity contribution in [2.24, 2.45) is 0 Å². The zero-order valence-electron chi connectivity index (χ0n) is 20.9. The smallest absolute Gasteiger partial charge is 0.341 e. The number of amides is 2. The Balaban J connectivity index is 1.57. The van der Waals surface area contributed by atoms with Crippen LogP contribution >= 0.6 is 11.8 Å². The van der Waals surface area contributed by atoms with Crippen molar-refractivity contribution in [2.75, 3.05) is 23.0 Å². The molecule has 0 aliphatic carbocycles. The van der Waals surface area contributed by atoms with E-state index in [9.17, 15) is 14.4 Å². The van der Waals surface area contributed by atoms with Gasteiger partial charge in [-0.3, -0.25) is 9.59 Å². The van der Waals surface area contributed by atoms with E-state index in [0.717, 1.165) is 28.6 Å². The minimum absolute atomic E-state index is 0.0657. The quantitative estimate of drug-likeness (QED) is 0.265. The zero-order chi connectivity index (χ0) is 26.1. The lowest BCUT2D eigenvalue weighted by Crippen LogP contribution is -2.22. The van der Waals surface area contributed by atoms with Crippen LogP contribution in [-0.4, -0.2) is 35.1 Å². The number of carbonyl (C=O) groups is 3. The summed E-state index contributed by atoms with van der Waals surface area (Å²) in [6.45, 7) is 7.77. The highest BCUT2D eigenvalue weighted by atomic mass is 32.2. The summed E-state index contributed by atoms with van der Waals surface area (Å²) < 4.78 is 5.24. The second-order valence-corrected chi connectivity index (χ2v) is 9.77. The van der Waals surface area contributed by atoms with Crippen molar-refractivity contribution in [1.29, 1.82) is 0 Å². The summed E-state index contributed by atoms with van der Waals surface area (Å²) in [7, 11) is 0. The number of pyridine rings is 1. The number of thioether (sulfide) groups is 1. The summed E-state index contributed by atoms with van der Waals surface area (Å²) >= 11 is 1.13. The molecular weight excluding hydrogens is 474 g/mol. The van der Waals surface area contributed by atoms with E-state index in [1.165, 1.54) is 0 Å². The number of hydrogen-bond acceptors (Lipinski definition) is 6. The predicted octanol–water partition coefficient (Wildman–Crippen LogP) is 5.85. The van der Waals surface area contributed by atoms with Crippen LogP contribution in [0.1, 0.15) is 61.0 Å². The van der Waals surface area contributed by atoms with Crippen LogP contribution in [0.5, 0.6) is 0 Å². The first-order valence-electron chi connectivity index (χ1n) is 11.8. The minimum Gasteiger partial charge on any atom is -0.452 e. The molecule has 2 N–H and O–H groups in total. The molecule has 8 heteroatoms. The van der Waals surface area contributed by atoms with Gasteiger partial charge in [-0.05, 0) is 47.2 Å². The molecule has 1 aromatic heterocycles. The molecule has 2 aromatic carbocycles. The SMILES string of the molecule is CC(C)c1ccccc1NC(=O)COC(=O)c1cccnc1SCC(=O)Nc1ccccc1C(C)C. The molecule has 3 rings (SSSR count). The zero-order valence-corrected chi connectivity index (χ0v) is 21.7. The number of hydrogen-bond donors (Lipinski definition) is 2. The Morgan fingerprint density at radius 2 is 1.36 bits per heavy atom. The lowest BCUT2D eigenvalue weighted by Gasteiger charge is -2.14. The molecule has 0 saturated carbocycles. The molecule has 2 amide bonds. The minimum atomic E-state index is -0.677. The number of rotatable bonds is 10. The van der Waals surface area contributed by atoms with Crippen molar-refractivity contribution in [2.45, 2.75) is 44.6 Å². The van der Waals surface area contributed by atoms with E-state index >= 15 is 0 Å². The molecule has 7 nitrogen and oxygen atoms in total. The van der Waals surface area contributed by atoms with E-state index in [-0.39, 0.29) is 29.1 Å². The predicted molar refractivity (Wildman–Crippen MR) is 144 cm³/mol. The molecule has 3 aromatic rings. The van der Waals surface area contributed by atoms with E-state index in [1.807, 2.05) is 62.4 Å². The molecule has 0 fully saturated rings. The normalized spacial score (nSPS) is 10.8. The Morgan fingerprint density at radius 1 is 0.806 bits per heavy atom. The van der Waals surface area contributed by atoms with Crippen LogP contribution in [0, 0.1) is 0 Å². The molecule has 0 aliphatic rings. The number of benzene rings is 2. The number of nitrogens with one attached hydrogen (secondary N) is 2. The average Bonchev–Trinajstić information content (AvgIpc) is 2.86. The van der Waals surface area contributed by atoms with Gasteiger partial charge in [0, 0.05) is 17.6 Å². The second-order valence-electron chi connectivity index (χ2n) is 8.80. The van der Waals surface area contributed by atoms with Crippen molar-refractivity contribution < 1.29 is 19.1 Å². The molecule has 1 heterocycles. The van der Waals surface area contributed by atoms with Gasteiger partial charge in [-0.1, -0.05) is 75.9 Å². The number of nitrogens with zero attached hydrogens (tertiary/aromatic N) is 1. The third-order valence-corrected chi connectivity index (χ3v) is 6.38. The Labute approximate surface area is 216 Å². The number of aromatic nitrogens is 1. The fourth-order valence-corrected chi connectivity index (χ4v) is 4.39. The lowest BCUT2D eigenvalue weighted by molar-refractivity contribution is -0.119. The van der Waals surface area contributed by atoms with Crippen LogP contribution in [0.25, 0.3) is 0 Å². The van der Waals surface area contributed by atoms with Gasteiger partial charge in [0.05, 0.1) is 11.3 Å². The fraction of sp³-hybridized carbons (Fsp3) is 0.286. The molecule has 0 bridgehead atoms. The van der Waals surface area contributed by atoms with Crippen LogP contribution in [0.3, 0.4) is 0 Å². The van der Waals surface area contributed by atoms with Crippen molar-refractivity contribution >= 4 is 40.9 Å². The van der Waals surface area contributed by atoms with Gasteiger partial charge in [-0.2, -0.15) is 0 Å². The third-order valence-electron chi connectivity index (χ3n) is 5.38. The number of anilines is 2. The highest BCUT2D eigenvalue weighted by molar-refractivity contribution is 8.00. The Kier molecular flexibility index (Phi) is 9.64. The number of para-hydroxylation sites is 2.